The van der Waals surface area contributed by atoms with Gasteiger partial charge in [-0.05, 0) is 111 Å². The Balaban J connectivity index is 0.919. The van der Waals surface area contributed by atoms with Gasteiger partial charge in [-0.3, -0.25) is 4.79 Å². The predicted octanol–water partition coefficient (Wildman–Crippen LogP) is -3.57. The number of ether oxygens (including phenoxy) is 10. The summed E-state index contributed by atoms with van der Waals surface area (Å²) in [6, 6.07) is 0. The van der Waals surface area contributed by atoms with Gasteiger partial charge in [-0.25, -0.2) is 0 Å². The smallest absolute Gasteiger partial charge is 0.315 e. The van der Waals surface area contributed by atoms with Crippen molar-refractivity contribution in [2.24, 2.45) is 50.2 Å². The van der Waals surface area contributed by atoms with Crippen LogP contribution in [0.4, 0.5) is 0 Å². The molecule has 5 aliphatic heterocycles. The van der Waals surface area contributed by atoms with Crippen molar-refractivity contribution in [2.75, 3.05) is 33.0 Å². The zero-order chi connectivity index (χ0) is 62.7. The highest BCUT2D eigenvalue weighted by Gasteiger charge is 2.71. The van der Waals surface area contributed by atoms with E-state index in [-0.39, 0.29) is 47.2 Å². The SMILES string of the molecule is C[C@@H]1O[C@@H](O[C@H]2[C@H](OC(=O)[C@]34CCC(C)(C)C[C@H]3C3=CC[C@@H]5[C@@]6(C)CC[C@H](O[C@@H]7OC[C@@H](O)[C@H](O)[C@H]7O)[C@@](C)(CO)[C@@H]6CC[C@@]5(C)[C@]3(C)CC4)O[C@H](CO[C@@H]3O[C@H](CO)[C@@H](O)[C@H](O)[C@H]3O)[C@@H](O)[C@@H]2O)[C@H](O)[C@H](O)[C@H]1O[C@@H]1O[C@H](CO)[C@@H](O)[C@H](O)[C@H]1O. The molecule has 10 aliphatic rings. The van der Waals surface area contributed by atoms with Crippen molar-refractivity contribution in [1.29, 1.82) is 0 Å². The van der Waals surface area contributed by atoms with E-state index < -0.39 is 196 Å². The molecular weight excluding hydrogens is 1140 g/mol. The zero-order valence-corrected chi connectivity index (χ0v) is 50.0. The summed E-state index contributed by atoms with van der Waals surface area (Å²) in [4.78, 5) is 15.8. The first-order chi connectivity index (χ1) is 40.4. The molecule has 0 aromatic heterocycles. The molecule has 0 spiro atoms. The summed E-state index contributed by atoms with van der Waals surface area (Å²) < 4.78 is 59.8. The minimum Gasteiger partial charge on any atom is -0.432 e. The highest BCUT2D eigenvalue weighted by Crippen LogP contribution is 2.76. The third kappa shape index (κ3) is 11.2. The van der Waals surface area contributed by atoms with Crippen molar-refractivity contribution in [3.05, 3.63) is 11.6 Å². The molecule has 0 amide bonds. The molecule has 0 unspecified atom stereocenters. The Morgan fingerprint density at radius 2 is 1.12 bits per heavy atom. The maximum atomic E-state index is 15.8. The minimum absolute atomic E-state index is 0.0262. The van der Waals surface area contributed by atoms with Crippen LogP contribution < -0.4 is 0 Å². The molecule has 5 aliphatic carbocycles. The number of carbonyl (C=O) groups is 1. The van der Waals surface area contributed by atoms with Crippen LogP contribution in [-0.4, -0.2) is 274 Å². The van der Waals surface area contributed by atoms with Crippen LogP contribution in [-0.2, 0) is 52.2 Å². The second kappa shape index (κ2) is 24.9. The zero-order valence-electron chi connectivity index (χ0n) is 50.0. The van der Waals surface area contributed by atoms with Crippen molar-refractivity contribution < 1.29 is 134 Å². The Labute approximate surface area is 499 Å². The number of aliphatic hydroxyl groups excluding tert-OH is 16. The molecule has 0 aromatic carbocycles. The summed E-state index contributed by atoms with van der Waals surface area (Å²) in [6.45, 7) is 12.1. The highest BCUT2D eigenvalue weighted by molar-refractivity contribution is 5.79. The van der Waals surface area contributed by atoms with E-state index in [4.69, 9.17) is 47.4 Å². The molecule has 33 atom stereocenters. The van der Waals surface area contributed by atoms with E-state index in [9.17, 15) is 81.7 Å². The topological polar surface area (TPSA) is 433 Å². The number of fused-ring (bicyclic) bond motifs is 7. The lowest BCUT2D eigenvalue weighted by Crippen LogP contribution is -2.67. The summed E-state index contributed by atoms with van der Waals surface area (Å²) in [6.07, 6.45) is -32.6. The molecule has 86 heavy (non-hydrogen) atoms. The lowest BCUT2D eigenvalue weighted by atomic mass is 9.33. The van der Waals surface area contributed by atoms with E-state index >= 15 is 4.79 Å². The van der Waals surface area contributed by atoms with Crippen molar-refractivity contribution in [3.63, 3.8) is 0 Å². The van der Waals surface area contributed by atoms with Crippen LogP contribution in [0.2, 0.25) is 0 Å². The summed E-state index contributed by atoms with van der Waals surface area (Å²) in [5, 5.41) is 173. The van der Waals surface area contributed by atoms with Crippen molar-refractivity contribution in [3.8, 4) is 0 Å². The molecule has 0 bridgehead atoms. The lowest BCUT2D eigenvalue weighted by Gasteiger charge is -2.71. The summed E-state index contributed by atoms with van der Waals surface area (Å²) >= 11 is 0. The normalized spacial score (nSPS) is 54.8. The van der Waals surface area contributed by atoms with E-state index in [1.165, 1.54) is 6.92 Å². The van der Waals surface area contributed by atoms with Crippen LogP contribution >= 0.6 is 0 Å². The largest absolute Gasteiger partial charge is 0.432 e. The first-order valence-electron chi connectivity index (χ1n) is 30.8. The number of rotatable bonds is 14. The molecule has 27 nitrogen and oxygen atoms in total. The number of hydrogen-bond donors (Lipinski definition) is 16. The Bertz CT molecular complexity index is 2380. The van der Waals surface area contributed by atoms with Gasteiger partial charge < -0.3 is 129 Å². The van der Waals surface area contributed by atoms with E-state index in [0.717, 1.165) is 24.8 Å². The van der Waals surface area contributed by atoms with Crippen molar-refractivity contribution in [2.45, 2.75) is 266 Å². The lowest BCUT2D eigenvalue weighted by molar-refractivity contribution is -0.381. The fourth-order valence-corrected chi connectivity index (χ4v) is 17.6. The van der Waals surface area contributed by atoms with Gasteiger partial charge in [0.2, 0.25) is 6.29 Å². The predicted molar refractivity (Wildman–Crippen MR) is 289 cm³/mol. The fourth-order valence-electron chi connectivity index (χ4n) is 17.6. The first kappa shape index (κ1) is 67.1. The summed E-state index contributed by atoms with van der Waals surface area (Å²) in [5.41, 5.74) is -2.11. The number of aliphatic hydroxyl groups is 16. The van der Waals surface area contributed by atoms with Crippen molar-refractivity contribution >= 4 is 5.97 Å². The van der Waals surface area contributed by atoms with Gasteiger partial charge in [0.15, 0.2) is 31.3 Å². The van der Waals surface area contributed by atoms with E-state index in [1.54, 1.807) is 0 Å². The molecule has 0 aromatic rings. The Morgan fingerprint density at radius 3 is 1.77 bits per heavy atom. The van der Waals surface area contributed by atoms with Crippen LogP contribution in [0.25, 0.3) is 0 Å². The second-order valence-corrected chi connectivity index (χ2v) is 28.5. The van der Waals surface area contributed by atoms with Gasteiger partial charge in [0, 0.05) is 5.41 Å². The molecular formula is C59H96O27. The standard InChI is InChI=1S/C59H96O27/c1-24-46(84-51-44(74)39(69)36(66)29(20-61)81-51)41(71)45(75)50(79-24)85-47-40(70)37(67)30(22-78-48-43(73)38(68)35(65)28(19-60)80-48)82-52(47)86-53(76)59-16-14-54(2,3)18-26(59)25-8-9-32-55(4)12-11-33(83-49-42(72)34(64)27(63)21-77-49)56(5,23-62)31(55)10-13-58(32,7)57(25,6)15-17-59/h8,24,26-52,60-75H,9-23H2,1-7H3/t24-,26-,27+,28+,29+,30+,31+,32+,33-,34-,35+,36+,37+,38-,39-,40-,41-,42+,43+,44+,45+,46-,47+,48+,49-,50-,51-,52-,55-,56-,57+,58+,59-/m0/s1. The average molecular weight is 1240 g/mol. The fraction of sp³-hybridized carbons (Fsp3) is 0.949. The van der Waals surface area contributed by atoms with E-state index in [0.29, 0.717) is 44.9 Å². The van der Waals surface area contributed by atoms with Crippen LogP contribution in [0.1, 0.15) is 113 Å². The van der Waals surface area contributed by atoms with Gasteiger partial charge in [-0.1, -0.05) is 53.2 Å². The molecule has 5 heterocycles. The minimum atomic E-state index is -2.04. The molecule has 10 rings (SSSR count). The molecule has 5 saturated heterocycles. The number of allylic oxidation sites excluding steroid dienone is 2. The molecule has 9 fully saturated rings. The highest BCUT2D eigenvalue weighted by atomic mass is 16.8. The molecule has 16 N–H and O–H groups in total. The first-order valence-corrected chi connectivity index (χ1v) is 30.8. The monoisotopic (exact) mass is 1240 g/mol. The third-order valence-electron chi connectivity index (χ3n) is 23.2. The molecule has 27 heteroatoms. The van der Waals surface area contributed by atoms with Gasteiger partial charge in [0.05, 0.1) is 50.7 Å². The van der Waals surface area contributed by atoms with Gasteiger partial charge in [0.1, 0.15) is 104 Å². The maximum Gasteiger partial charge on any atom is 0.315 e. The van der Waals surface area contributed by atoms with Crippen LogP contribution in [0.3, 0.4) is 0 Å². The van der Waals surface area contributed by atoms with Gasteiger partial charge in [0.25, 0.3) is 0 Å². The molecule has 494 valence electrons. The number of hydrogen-bond acceptors (Lipinski definition) is 27. The number of carbonyl (C=O) groups excluding carboxylic acids is 1. The van der Waals surface area contributed by atoms with Gasteiger partial charge in [-0.15, -0.1) is 0 Å². The summed E-state index contributed by atoms with van der Waals surface area (Å²) in [7, 11) is 0. The Kier molecular flexibility index (Phi) is 19.4. The van der Waals surface area contributed by atoms with Gasteiger partial charge in [-0.2, -0.15) is 0 Å². The van der Waals surface area contributed by atoms with Gasteiger partial charge >= 0.3 is 5.97 Å². The Morgan fingerprint density at radius 1 is 0.558 bits per heavy atom. The van der Waals surface area contributed by atoms with E-state index in [2.05, 4.69) is 40.7 Å². The van der Waals surface area contributed by atoms with E-state index in [1.807, 2.05) is 6.92 Å². The second-order valence-electron chi connectivity index (χ2n) is 28.5. The van der Waals surface area contributed by atoms with Crippen LogP contribution in [0.5, 0.6) is 0 Å². The maximum absolute atomic E-state index is 15.8. The number of esters is 1. The quantitative estimate of drug-likeness (QED) is 0.0454. The average Bonchev–Trinajstić information content (AvgIpc) is 0.683. The summed E-state index contributed by atoms with van der Waals surface area (Å²) in [5.74, 6) is -0.970. The van der Waals surface area contributed by atoms with Crippen LogP contribution in [0, 0.1) is 50.2 Å². The third-order valence-corrected chi connectivity index (χ3v) is 23.2. The molecule has 0 radical (unpaired) electrons. The Hall–Kier alpha value is -1.79. The molecule has 4 saturated carbocycles. The van der Waals surface area contributed by atoms with Crippen LogP contribution in [0.15, 0.2) is 11.6 Å². The van der Waals surface area contributed by atoms with Crippen molar-refractivity contribution in [1.82, 2.24) is 0 Å².